The summed E-state index contributed by atoms with van der Waals surface area (Å²) in [5.41, 5.74) is 1.91. The van der Waals surface area contributed by atoms with Gasteiger partial charge in [-0.05, 0) is 76.1 Å². The summed E-state index contributed by atoms with van der Waals surface area (Å²) in [4.78, 5) is 27.0. The second kappa shape index (κ2) is 12.3. The van der Waals surface area contributed by atoms with Crippen LogP contribution in [0.25, 0.3) is 11.3 Å². The number of hydrogen-bond donors (Lipinski definition) is 2. The standard InChI is InChI=1S/C29H36FN5O4/c1-29(2,3)39-28(37)33-22-11-14-35(15-12-22)16-17-38-26-9-8-23(19-24(26)25-10-13-31-34(25)4)32-27(36)20-6-5-7-21(30)18-20/h5-10,13,18-19,22H,11-12,14-17H2,1-4H3,(H,32,36)(H,33,37). The Labute approximate surface area is 228 Å². The summed E-state index contributed by atoms with van der Waals surface area (Å²) in [5, 5.41) is 10.1. The smallest absolute Gasteiger partial charge is 0.407 e. The van der Waals surface area contributed by atoms with Crippen LogP contribution < -0.4 is 15.4 Å². The molecule has 2 amide bonds. The number of rotatable bonds is 8. The van der Waals surface area contributed by atoms with E-state index in [2.05, 4.69) is 20.6 Å². The zero-order chi connectivity index (χ0) is 28.0. The van der Waals surface area contributed by atoms with E-state index < -0.39 is 17.3 Å². The molecule has 2 N–H and O–H groups in total. The number of aromatic nitrogens is 2. The molecule has 4 rings (SSSR count). The van der Waals surface area contributed by atoms with Crippen molar-refractivity contribution in [2.24, 2.45) is 7.05 Å². The second-order valence-corrected chi connectivity index (χ2v) is 10.6. The number of carbonyl (C=O) groups excluding carboxylic acids is 2. The number of benzene rings is 2. The molecule has 0 atom stereocenters. The fraction of sp³-hybridized carbons (Fsp3) is 0.414. The van der Waals surface area contributed by atoms with Crippen LogP contribution in [0.3, 0.4) is 0 Å². The molecule has 1 fully saturated rings. The second-order valence-electron chi connectivity index (χ2n) is 10.6. The normalized spacial score (nSPS) is 14.6. The molecule has 0 radical (unpaired) electrons. The molecule has 2 aromatic carbocycles. The number of ether oxygens (including phenoxy) is 2. The monoisotopic (exact) mass is 537 g/mol. The van der Waals surface area contributed by atoms with Crippen LogP contribution in [0, 0.1) is 5.82 Å². The Bertz CT molecular complexity index is 1290. The third-order valence-electron chi connectivity index (χ3n) is 6.39. The van der Waals surface area contributed by atoms with E-state index in [0.29, 0.717) is 18.0 Å². The van der Waals surface area contributed by atoms with Crippen LogP contribution in [0.5, 0.6) is 5.75 Å². The Hall–Kier alpha value is -3.92. The van der Waals surface area contributed by atoms with Gasteiger partial charge in [-0.2, -0.15) is 5.10 Å². The van der Waals surface area contributed by atoms with Gasteiger partial charge in [0.15, 0.2) is 0 Å². The van der Waals surface area contributed by atoms with E-state index in [1.807, 2.05) is 46.0 Å². The Morgan fingerprint density at radius 1 is 1.10 bits per heavy atom. The predicted molar refractivity (Wildman–Crippen MR) is 147 cm³/mol. The fourth-order valence-electron chi connectivity index (χ4n) is 4.46. The molecule has 208 valence electrons. The number of anilines is 1. The largest absolute Gasteiger partial charge is 0.492 e. The van der Waals surface area contributed by atoms with E-state index in [9.17, 15) is 14.0 Å². The maximum atomic E-state index is 13.6. The molecule has 1 aromatic heterocycles. The molecule has 0 aliphatic carbocycles. The topological polar surface area (TPSA) is 97.7 Å². The highest BCUT2D eigenvalue weighted by Crippen LogP contribution is 2.32. The molecule has 9 nitrogen and oxygen atoms in total. The number of carbonyl (C=O) groups is 2. The average Bonchev–Trinajstić information content (AvgIpc) is 3.30. The minimum Gasteiger partial charge on any atom is -0.492 e. The van der Waals surface area contributed by atoms with Gasteiger partial charge < -0.3 is 20.1 Å². The van der Waals surface area contributed by atoms with Crippen molar-refractivity contribution >= 4 is 17.7 Å². The van der Waals surface area contributed by atoms with Gasteiger partial charge in [0.2, 0.25) is 0 Å². The maximum absolute atomic E-state index is 13.6. The minimum atomic E-state index is -0.512. The number of aryl methyl sites for hydroxylation is 1. The maximum Gasteiger partial charge on any atom is 0.407 e. The van der Waals surface area contributed by atoms with Crippen LogP contribution in [0.1, 0.15) is 44.0 Å². The van der Waals surface area contributed by atoms with Crippen LogP contribution in [-0.2, 0) is 11.8 Å². The van der Waals surface area contributed by atoms with Gasteiger partial charge in [0, 0.05) is 55.7 Å². The summed E-state index contributed by atoms with van der Waals surface area (Å²) < 4.78 is 26.8. The van der Waals surface area contributed by atoms with Crippen LogP contribution in [0.15, 0.2) is 54.7 Å². The lowest BCUT2D eigenvalue weighted by Gasteiger charge is -2.32. The molecule has 1 saturated heterocycles. The number of alkyl carbamates (subject to hydrolysis) is 1. The minimum absolute atomic E-state index is 0.101. The van der Waals surface area contributed by atoms with Crippen molar-refractivity contribution in [3.63, 3.8) is 0 Å². The van der Waals surface area contributed by atoms with Crippen molar-refractivity contribution in [3.05, 3.63) is 66.1 Å². The van der Waals surface area contributed by atoms with E-state index in [1.165, 1.54) is 18.2 Å². The van der Waals surface area contributed by atoms with Crippen molar-refractivity contribution in [1.29, 1.82) is 0 Å². The van der Waals surface area contributed by atoms with Crippen LogP contribution in [0.4, 0.5) is 14.9 Å². The first-order chi connectivity index (χ1) is 18.6. The van der Waals surface area contributed by atoms with Gasteiger partial charge in [0.05, 0.1) is 5.69 Å². The number of nitrogens with zero attached hydrogens (tertiary/aromatic N) is 3. The summed E-state index contributed by atoms with van der Waals surface area (Å²) >= 11 is 0. The molecule has 0 spiro atoms. The Morgan fingerprint density at radius 3 is 2.54 bits per heavy atom. The van der Waals surface area contributed by atoms with Gasteiger partial charge in [0.25, 0.3) is 5.91 Å². The van der Waals surface area contributed by atoms with Crippen molar-refractivity contribution in [2.45, 2.75) is 45.3 Å². The van der Waals surface area contributed by atoms with Gasteiger partial charge in [-0.1, -0.05) is 6.07 Å². The van der Waals surface area contributed by atoms with Crippen molar-refractivity contribution in [3.8, 4) is 17.0 Å². The first kappa shape index (κ1) is 28.1. The third kappa shape index (κ3) is 8.03. The van der Waals surface area contributed by atoms with E-state index in [-0.39, 0.29) is 17.7 Å². The van der Waals surface area contributed by atoms with Crippen LogP contribution in [0.2, 0.25) is 0 Å². The lowest BCUT2D eigenvalue weighted by atomic mass is 10.1. The fourth-order valence-corrected chi connectivity index (χ4v) is 4.46. The van der Waals surface area contributed by atoms with Crippen molar-refractivity contribution < 1.29 is 23.5 Å². The van der Waals surface area contributed by atoms with Gasteiger partial charge in [0.1, 0.15) is 23.8 Å². The molecule has 3 aromatic rings. The molecule has 2 heterocycles. The quantitative estimate of drug-likeness (QED) is 0.427. The first-order valence-corrected chi connectivity index (χ1v) is 13.1. The highest BCUT2D eigenvalue weighted by Gasteiger charge is 2.23. The highest BCUT2D eigenvalue weighted by molar-refractivity contribution is 6.04. The van der Waals surface area contributed by atoms with E-state index >= 15 is 0 Å². The molecule has 0 saturated carbocycles. The predicted octanol–water partition coefficient (Wildman–Crippen LogP) is 4.85. The Balaban J connectivity index is 1.34. The first-order valence-electron chi connectivity index (χ1n) is 13.1. The summed E-state index contributed by atoms with van der Waals surface area (Å²) in [6.07, 6.45) is 3.02. The number of halogens is 1. The molecule has 39 heavy (non-hydrogen) atoms. The highest BCUT2D eigenvalue weighted by atomic mass is 19.1. The van der Waals surface area contributed by atoms with E-state index in [1.54, 1.807) is 23.0 Å². The van der Waals surface area contributed by atoms with Crippen LogP contribution >= 0.6 is 0 Å². The van der Waals surface area contributed by atoms with Crippen molar-refractivity contribution in [2.75, 3.05) is 31.6 Å². The van der Waals surface area contributed by atoms with E-state index in [0.717, 1.165) is 43.7 Å². The molecule has 1 aliphatic heterocycles. The van der Waals surface area contributed by atoms with Crippen molar-refractivity contribution in [1.82, 2.24) is 20.0 Å². The zero-order valence-corrected chi connectivity index (χ0v) is 22.9. The lowest BCUT2D eigenvalue weighted by molar-refractivity contribution is 0.0476. The third-order valence-corrected chi connectivity index (χ3v) is 6.39. The average molecular weight is 538 g/mol. The molecule has 10 heteroatoms. The summed E-state index contributed by atoms with van der Waals surface area (Å²) in [5.74, 6) is -0.196. The summed E-state index contributed by atoms with van der Waals surface area (Å²) in [6, 6.07) is 13.0. The Kier molecular flexibility index (Phi) is 8.86. The number of amides is 2. The Morgan fingerprint density at radius 2 is 1.87 bits per heavy atom. The molecule has 0 unspecified atom stereocenters. The lowest BCUT2D eigenvalue weighted by Crippen LogP contribution is -2.46. The molecular formula is C29H36FN5O4. The summed E-state index contributed by atoms with van der Waals surface area (Å²) in [6.45, 7) is 8.47. The number of nitrogens with one attached hydrogen (secondary N) is 2. The van der Waals surface area contributed by atoms with E-state index in [4.69, 9.17) is 9.47 Å². The zero-order valence-electron chi connectivity index (χ0n) is 22.9. The molecular weight excluding hydrogens is 501 g/mol. The van der Waals surface area contributed by atoms with Gasteiger partial charge in [-0.15, -0.1) is 0 Å². The van der Waals surface area contributed by atoms with Gasteiger partial charge in [-0.3, -0.25) is 14.4 Å². The number of piperidine rings is 1. The van der Waals surface area contributed by atoms with Gasteiger partial charge in [-0.25, -0.2) is 9.18 Å². The van der Waals surface area contributed by atoms with Gasteiger partial charge >= 0.3 is 6.09 Å². The SMILES string of the molecule is Cn1nccc1-c1cc(NC(=O)c2cccc(F)c2)ccc1OCCN1CCC(NC(=O)OC(C)(C)C)CC1. The number of likely N-dealkylation sites (tertiary alicyclic amines) is 1. The van der Waals surface area contributed by atoms with Crippen LogP contribution in [-0.4, -0.2) is 64.6 Å². The molecule has 1 aliphatic rings. The summed E-state index contributed by atoms with van der Waals surface area (Å²) in [7, 11) is 1.84. The molecule has 0 bridgehead atoms. The number of hydrogen-bond acceptors (Lipinski definition) is 6.